The van der Waals surface area contributed by atoms with E-state index in [0.29, 0.717) is 5.69 Å². The number of benzene rings is 1. The van der Waals surface area contributed by atoms with E-state index in [1.54, 1.807) is 6.07 Å². The SMILES string of the molecule is CNCC1Cc2ccc(C(F)(F)F)cc2N1C. The lowest BCUT2D eigenvalue weighted by Gasteiger charge is -2.22. The molecule has 1 aliphatic heterocycles. The molecule has 0 radical (unpaired) electrons. The highest BCUT2D eigenvalue weighted by Crippen LogP contribution is 2.37. The minimum atomic E-state index is -4.27. The van der Waals surface area contributed by atoms with Crippen molar-refractivity contribution < 1.29 is 13.2 Å². The van der Waals surface area contributed by atoms with Crippen LogP contribution >= 0.6 is 0 Å². The summed E-state index contributed by atoms with van der Waals surface area (Å²) in [5.74, 6) is 0. The van der Waals surface area contributed by atoms with Gasteiger partial charge in [0, 0.05) is 25.3 Å². The second-order valence-electron chi connectivity index (χ2n) is 4.37. The number of alkyl halides is 3. The summed E-state index contributed by atoms with van der Waals surface area (Å²) in [4.78, 5) is 1.92. The van der Waals surface area contributed by atoms with Crippen LogP contribution < -0.4 is 10.2 Å². The molecule has 0 fully saturated rings. The molecule has 1 aromatic rings. The predicted molar refractivity (Wildman–Crippen MR) is 61.3 cm³/mol. The molecule has 2 rings (SSSR count). The van der Waals surface area contributed by atoms with Gasteiger partial charge in [0.25, 0.3) is 0 Å². The molecule has 1 aromatic carbocycles. The van der Waals surface area contributed by atoms with Crippen molar-refractivity contribution in [1.29, 1.82) is 0 Å². The van der Waals surface area contributed by atoms with E-state index in [0.717, 1.165) is 24.6 Å². The summed E-state index contributed by atoms with van der Waals surface area (Å²) in [5.41, 5.74) is 1.11. The molecule has 17 heavy (non-hydrogen) atoms. The molecule has 0 saturated carbocycles. The molecular weight excluding hydrogens is 229 g/mol. The molecule has 94 valence electrons. The Morgan fingerprint density at radius 1 is 1.41 bits per heavy atom. The zero-order valence-corrected chi connectivity index (χ0v) is 9.80. The lowest BCUT2D eigenvalue weighted by Crippen LogP contribution is -2.36. The van der Waals surface area contributed by atoms with Gasteiger partial charge in [-0.1, -0.05) is 6.07 Å². The zero-order chi connectivity index (χ0) is 12.6. The van der Waals surface area contributed by atoms with E-state index < -0.39 is 11.7 Å². The summed E-state index contributed by atoms with van der Waals surface area (Å²) in [6.07, 6.45) is -3.47. The Balaban J connectivity index is 2.31. The maximum absolute atomic E-state index is 12.6. The smallest absolute Gasteiger partial charge is 0.370 e. The number of anilines is 1. The summed E-state index contributed by atoms with van der Waals surface area (Å²) in [5, 5.41) is 3.06. The summed E-state index contributed by atoms with van der Waals surface area (Å²) in [6, 6.07) is 4.22. The highest BCUT2D eigenvalue weighted by molar-refractivity contribution is 5.60. The molecular formula is C12H15F3N2. The Morgan fingerprint density at radius 3 is 2.71 bits per heavy atom. The molecule has 1 aliphatic rings. The fraction of sp³-hybridized carbons (Fsp3) is 0.500. The number of nitrogens with zero attached hydrogens (tertiary/aromatic N) is 1. The molecule has 0 aromatic heterocycles. The Hall–Kier alpha value is -1.23. The lowest BCUT2D eigenvalue weighted by molar-refractivity contribution is -0.137. The molecule has 0 bridgehead atoms. The quantitative estimate of drug-likeness (QED) is 0.858. The molecule has 5 heteroatoms. The van der Waals surface area contributed by atoms with Gasteiger partial charge in [0.15, 0.2) is 0 Å². The second-order valence-corrected chi connectivity index (χ2v) is 4.37. The first-order valence-corrected chi connectivity index (χ1v) is 5.51. The highest BCUT2D eigenvalue weighted by atomic mass is 19.4. The number of hydrogen-bond donors (Lipinski definition) is 1. The minimum Gasteiger partial charge on any atom is -0.370 e. The van der Waals surface area contributed by atoms with E-state index in [2.05, 4.69) is 5.32 Å². The fourth-order valence-corrected chi connectivity index (χ4v) is 2.27. The van der Waals surface area contributed by atoms with E-state index in [-0.39, 0.29) is 6.04 Å². The topological polar surface area (TPSA) is 15.3 Å². The standard InChI is InChI=1S/C12H15F3N2/c1-16-7-10-5-8-3-4-9(12(13,14)15)6-11(8)17(10)2/h3-4,6,10,16H,5,7H2,1-2H3. The summed E-state index contributed by atoms with van der Waals surface area (Å²) >= 11 is 0. The average Bonchev–Trinajstić information content (AvgIpc) is 2.55. The van der Waals surface area contributed by atoms with E-state index in [1.165, 1.54) is 6.07 Å². The molecule has 2 nitrogen and oxygen atoms in total. The van der Waals surface area contributed by atoms with Crippen molar-refractivity contribution in [3.8, 4) is 0 Å². The Morgan fingerprint density at radius 2 is 2.12 bits per heavy atom. The summed E-state index contributed by atoms with van der Waals surface area (Å²) in [6.45, 7) is 0.770. The van der Waals surface area contributed by atoms with Crippen LogP contribution in [0.3, 0.4) is 0 Å². The number of likely N-dealkylation sites (N-methyl/N-ethyl adjacent to an activating group) is 2. The van der Waals surface area contributed by atoms with Crippen LogP contribution in [0.5, 0.6) is 0 Å². The van der Waals surface area contributed by atoms with Crippen molar-refractivity contribution in [2.75, 3.05) is 25.5 Å². The van der Waals surface area contributed by atoms with Crippen molar-refractivity contribution in [3.05, 3.63) is 29.3 Å². The van der Waals surface area contributed by atoms with Gasteiger partial charge in [0.2, 0.25) is 0 Å². The van der Waals surface area contributed by atoms with Crippen molar-refractivity contribution >= 4 is 5.69 Å². The van der Waals surface area contributed by atoms with Gasteiger partial charge >= 0.3 is 6.18 Å². The van der Waals surface area contributed by atoms with Crippen molar-refractivity contribution in [2.24, 2.45) is 0 Å². The van der Waals surface area contributed by atoms with Gasteiger partial charge in [-0.15, -0.1) is 0 Å². The third kappa shape index (κ3) is 2.24. The Bertz CT molecular complexity index is 415. The normalized spacial score (nSPS) is 19.6. The van der Waals surface area contributed by atoms with Gasteiger partial charge in [-0.3, -0.25) is 0 Å². The van der Waals surface area contributed by atoms with Crippen LogP contribution in [0.25, 0.3) is 0 Å². The maximum atomic E-state index is 12.6. The number of nitrogens with one attached hydrogen (secondary N) is 1. The molecule has 0 saturated heterocycles. The van der Waals surface area contributed by atoms with E-state index in [1.807, 2.05) is 19.0 Å². The van der Waals surface area contributed by atoms with Crippen LogP contribution in [-0.2, 0) is 12.6 Å². The van der Waals surface area contributed by atoms with Crippen LogP contribution in [0.15, 0.2) is 18.2 Å². The molecule has 0 amide bonds. The van der Waals surface area contributed by atoms with E-state index in [4.69, 9.17) is 0 Å². The van der Waals surface area contributed by atoms with Crippen LogP contribution in [0.4, 0.5) is 18.9 Å². The molecule has 1 N–H and O–H groups in total. The molecule has 1 atom stereocenters. The monoisotopic (exact) mass is 244 g/mol. The second kappa shape index (κ2) is 4.22. The molecule has 0 aliphatic carbocycles. The number of fused-ring (bicyclic) bond motifs is 1. The minimum absolute atomic E-state index is 0.235. The van der Waals surface area contributed by atoms with Crippen molar-refractivity contribution in [2.45, 2.75) is 18.6 Å². The number of halogens is 3. The molecule has 1 unspecified atom stereocenters. The Kier molecular flexibility index (Phi) is 3.03. The summed E-state index contributed by atoms with van der Waals surface area (Å²) in [7, 11) is 3.69. The van der Waals surface area contributed by atoms with Gasteiger partial charge in [0.1, 0.15) is 0 Å². The molecule has 0 spiro atoms. The number of rotatable bonds is 2. The van der Waals surface area contributed by atoms with Crippen LogP contribution in [0.1, 0.15) is 11.1 Å². The third-order valence-electron chi connectivity index (χ3n) is 3.24. The average molecular weight is 244 g/mol. The largest absolute Gasteiger partial charge is 0.416 e. The molecule has 1 heterocycles. The van der Waals surface area contributed by atoms with E-state index >= 15 is 0 Å². The van der Waals surface area contributed by atoms with Crippen LogP contribution in [-0.4, -0.2) is 26.7 Å². The van der Waals surface area contributed by atoms with Gasteiger partial charge < -0.3 is 10.2 Å². The summed E-state index contributed by atoms with van der Waals surface area (Å²) < 4.78 is 37.8. The lowest BCUT2D eigenvalue weighted by atomic mass is 10.1. The van der Waals surface area contributed by atoms with Crippen LogP contribution in [0, 0.1) is 0 Å². The van der Waals surface area contributed by atoms with Gasteiger partial charge in [-0.25, -0.2) is 0 Å². The first kappa shape index (κ1) is 12.2. The third-order valence-corrected chi connectivity index (χ3v) is 3.24. The van der Waals surface area contributed by atoms with Gasteiger partial charge in [-0.2, -0.15) is 13.2 Å². The fourth-order valence-electron chi connectivity index (χ4n) is 2.27. The zero-order valence-electron chi connectivity index (χ0n) is 9.80. The van der Waals surface area contributed by atoms with Crippen LogP contribution in [0.2, 0.25) is 0 Å². The maximum Gasteiger partial charge on any atom is 0.416 e. The van der Waals surface area contributed by atoms with Gasteiger partial charge in [0.05, 0.1) is 5.56 Å². The predicted octanol–water partition coefficient (Wildman–Crippen LogP) is 2.29. The first-order chi connectivity index (χ1) is 7.93. The first-order valence-electron chi connectivity index (χ1n) is 5.51. The van der Waals surface area contributed by atoms with E-state index in [9.17, 15) is 13.2 Å². The van der Waals surface area contributed by atoms with Gasteiger partial charge in [-0.05, 0) is 31.2 Å². The van der Waals surface area contributed by atoms with Crippen molar-refractivity contribution in [3.63, 3.8) is 0 Å². The highest BCUT2D eigenvalue weighted by Gasteiger charge is 2.33. The Labute approximate surface area is 98.4 Å². The number of hydrogen-bond acceptors (Lipinski definition) is 2. The van der Waals surface area contributed by atoms with Crippen molar-refractivity contribution in [1.82, 2.24) is 5.32 Å².